The van der Waals surface area contributed by atoms with Crippen molar-refractivity contribution in [3.05, 3.63) is 69.9 Å². The van der Waals surface area contributed by atoms with Gasteiger partial charge in [0.05, 0.1) is 0 Å². The average molecular weight is 299 g/mol. The highest BCUT2D eigenvalue weighted by molar-refractivity contribution is 6.30. The highest BCUT2D eigenvalue weighted by Gasteiger charge is 2.11. The first-order valence-corrected chi connectivity index (χ1v) is 7.51. The lowest BCUT2D eigenvalue weighted by Crippen LogP contribution is -2.02. The molecule has 2 nitrogen and oxygen atoms in total. The van der Waals surface area contributed by atoms with Crippen LogP contribution in [0.4, 0.5) is 0 Å². The summed E-state index contributed by atoms with van der Waals surface area (Å²) in [7, 11) is 0. The van der Waals surface area contributed by atoms with E-state index >= 15 is 0 Å². The smallest absolute Gasteiger partial charge is 0.0488 e. The second kappa shape index (κ2) is 5.55. The van der Waals surface area contributed by atoms with Crippen molar-refractivity contribution in [2.45, 2.75) is 26.9 Å². The van der Waals surface area contributed by atoms with Gasteiger partial charge in [-0.2, -0.15) is 0 Å². The van der Waals surface area contributed by atoms with Crippen LogP contribution in [-0.2, 0) is 13.1 Å². The van der Waals surface area contributed by atoms with Crippen molar-refractivity contribution < 1.29 is 0 Å². The number of fused-ring (bicyclic) bond motifs is 1. The van der Waals surface area contributed by atoms with E-state index in [1.165, 1.54) is 33.3 Å². The van der Waals surface area contributed by atoms with E-state index in [-0.39, 0.29) is 0 Å². The summed E-state index contributed by atoms with van der Waals surface area (Å²) in [5.74, 6) is 0. The van der Waals surface area contributed by atoms with Crippen LogP contribution in [0.2, 0.25) is 5.02 Å². The minimum Gasteiger partial charge on any atom is -0.340 e. The number of hydrogen-bond acceptors (Lipinski definition) is 1. The Labute approximate surface area is 130 Å². The van der Waals surface area contributed by atoms with Crippen LogP contribution in [0.3, 0.4) is 0 Å². The molecule has 0 aliphatic rings. The minimum absolute atomic E-state index is 0.580. The van der Waals surface area contributed by atoms with E-state index in [1.54, 1.807) is 0 Å². The molecule has 0 saturated heterocycles. The molecule has 3 heteroatoms. The maximum absolute atomic E-state index is 5.96. The number of rotatable bonds is 3. The molecule has 0 aliphatic heterocycles. The van der Waals surface area contributed by atoms with E-state index in [0.29, 0.717) is 6.54 Å². The van der Waals surface area contributed by atoms with E-state index in [2.05, 4.69) is 48.7 Å². The summed E-state index contributed by atoms with van der Waals surface area (Å²) in [5.41, 5.74) is 12.1. The minimum atomic E-state index is 0.580. The van der Waals surface area contributed by atoms with E-state index in [4.69, 9.17) is 17.3 Å². The van der Waals surface area contributed by atoms with Gasteiger partial charge in [-0.25, -0.2) is 0 Å². The molecule has 2 N–H and O–H groups in total. The lowest BCUT2D eigenvalue weighted by atomic mass is 10.1. The SMILES string of the molecule is Cc1c(C)n(Cc2ccc(Cl)cc2)c2ccc(CN)cc12. The maximum Gasteiger partial charge on any atom is 0.0488 e. The molecule has 1 aromatic heterocycles. The standard InChI is InChI=1S/C18H19ClN2/c1-12-13(2)21(11-14-3-6-16(19)7-4-14)18-8-5-15(10-20)9-17(12)18/h3-9H,10-11,20H2,1-2H3. The Balaban J connectivity index is 2.09. The zero-order valence-electron chi connectivity index (χ0n) is 12.4. The zero-order valence-corrected chi connectivity index (χ0v) is 13.1. The van der Waals surface area contributed by atoms with Crippen molar-refractivity contribution in [2.75, 3.05) is 0 Å². The molecular formula is C18H19ClN2. The van der Waals surface area contributed by atoms with Crippen LogP contribution in [0, 0.1) is 13.8 Å². The van der Waals surface area contributed by atoms with E-state index in [9.17, 15) is 0 Å². The van der Waals surface area contributed by atoms with Crippen molar-refractivity contribution in [1.82, 2.24) is 4.57 Å². The van der Waals surface area contributed by atoms with Crippen LogP contribution in [0.15, 0.2) is 42.5 Å². The highest BCUT2D eigenvalue weighted by Crippen LogP contribution is 2.27. The van der Waals surface area contributed by atoms with Gasteiger partial charge in [-0.15, -0.1) is 0 Å². The van der Waals surface area contributed by atoms with Gasteiger partial charge in [-0.3, -0.25) is 0 Å². The van der Waals surface area contributed by atoms with Crippen molar-refractivity contribution in [1.29, 1.82) is 0 Å². The monoisotopic (exact) mass is 298 g/mol. The van der Waals surface area contributed by atoms with Gasteiger partial charge < -0.3 is 10.3 Å². The van der Waals surface area contributed by atoms with E-state index in [1.807, 2.05) is 12.1 Å². The number of nitrogens with two attached hydrogens (primary N) is 1. The van der Waals surface area contributed by atoms with Crippen LogP contribution < -0.4 is 5.73 Å². The fourth-order valence-corrected chi connectivity index (χ4v) is 2.93. The van der Waals surface area contributed by atoms with Crippen LogP contribution in [0.25, 0.3) is 10.9 Å². The first-order valence-electron chi connectivity index (χ1n) is 7.13. The Hall–Kier alpha value is -1.77. The Morgan fingerprint density at radius 1 is 1.00 bits per heavy atom. The molecule has 21 heavy (non-hydrogen) atoms. The van der Waals surface area contributed by atoms with Crippen molar-refractivity contribution in [3.8, 4) is 0 Å². The number of benzene rings is 2. The van der Waals surface area contributed by atoms with Gasteiger partial charge in [0.2, 0.25) is 0 Å². The summed E-state index contributed by atoms with van der Waals surface area (Å²) < 4.78 is 2.36. The van der Waals surface area contributed by atoms with Crippen molar-refractivity contribution in [2.24, 2.45) is 5.73 Å². The highest BCUT2D eigenvalue weighted by atomic mass is 35.5. The van der Waals surface area contributed by atoms with Gasteiger partial charge in [0, 0.05) is 34.7 Å². The molecule has 0 saturated carbocycles. The second-order valence-corrected chi connectivity index (χ2v) is 5.92. The summed E-state index contributed by atoms with van der Waals surface area (Å²) >= 11 is 5.96. The van der Waals surface area contributed by atoms with Gasteiger partial charge in [0.1, 0.15) is 0 Å². The molecule has 0 bridgehead atoms. The molecule has 0 amide bonds. The predicted molar refractivity (Wildman–Crippen MR) is 89.9 cm³/mol. The van der Waals surface area contributed by atoms with Crippen LogP contribution >= 0.6 is 11.6 Å². The lowest BCUT2D eigenvalue weighted by Gasteiger charge is -2.09. The predicted octanol–water partition coefficient (Wildman–Crippen LogP) is 4.42. The molecular weight excluding hydrogens is 280 g/mol. The summed E-state index contributed by atoms with van der Waals surface area (Å²) in [6.07, 6.45) is 0. The summed E-state index contributed by atoms with van der Waals surface area (Å²) in [4.78, 5) is 0. The fraction of sp³-hybridized carbons (Fsp3) is 0.222. The Morgan fingerprint density at radius 2 is 1.67 bits per heavy atom. The lowest BCUT2D eigenvalue weighted by molar-refractivity contribution is 0.801. The van der Waals surface area contributed by atoms with Gasteiger partial charge in [0.25, 0.3) is 0 Å². The van der Waals surface area contributed by atoms with Gasteiger partial charge >= 0.3 is 0 Å². The Bertz CT molecular complexity index is 785. The molecule has 0 spiro atoms. The van der Waals surface area contributed by atoms with Crippen LogP contribution in [0.5, 0.6) is 0 Å². The van der Waals surface area contributed by atoms with E-state index < -0.39 is 0 Å². The number of nitrogens with zero attached hydrogens (tertiary/aromatic N) is 1. The summed E-state index contributed by atoms with van der Waals surface area (Å²) in [6, 6.07) is 14.5. The normalized spacial score (nSPS) is 11.2. The fourth-order valence-electron chi connectivity index (χ4n) is 2.80. The topological polar surface area (TPSA) is 30.9 Å². The molecule has 0 radical (unpaired) electrons. The maximum atomic E-state index is 5.96. The largest absolute Gasteiger partial charge is 0.340 e. The van der Waals surface area contributed by atoms with Crippen LogP contribution in [-0.4, -0.2) is 4.57 Å². The molecule has 0 unspecified atom stereocenters. The second-order valence-electron chi connectivity index (χ2n) is 5.48. The van der Waals surface area contributed by atoms with E-state index in [0.717, 1.165) is 11.6 Å². The van der Waals surface area contributed by atoms with Gasteiger partial charge in [-0.05, 0) is 54.8 Å². The Morgan fingerprint density at radius 3 is 2.33 bits per heavy atom. The summed E-state index contributed by atoms with van der Waals surface area (Å²) in [5, 5.41) is 2.07. The third kappa shape index (κ3) is 2.57. The molecule has 1 heterocycles. The molecule has 3 rings (SSSR count). The molecule has 0 atom stereocenters. The molecule has 108 valence electrons. The number of hydrogen-bond donors (Lipinski definition) is 1. The molecule has 0 fully saturated rings. The first-order chi connectivity index (χ1) is 10.1. The molecule has 3 aromatic rings. The van der Waals surface area contributed by atoms with Gasteiger partial charge in [-0.1, -0.05) is 29.8 Å². The summed E-state index contributed by atoms with van der Waals surface area (Å²) in [6.45, 7) is 5.79. The quantitative estimate of drug-likeness (QED) is 0.762. The Kier molecular flexibility index (Phi) is 3.75. The number of aromatic nitrogens is 1. The molecule has 0 aliphatic carbocycles. The number of aryl methyl sites for hydroxylation is 1. The number of halogens is 1. The van der Waals surface area contributed by atoms with Gasteiger partial charge in [0.15, 0.2) is 0 Å². The third-order valence-corrected chi connectivity index (χ3v) is 4.44. The van der Waals surface area contributed by atoms with Crippen LogP contribution in [0.1, 0.15) is 22.4 Å². The zero-order chi connectivity index (χ0) is 15.0. The van der Waals surface area contributed by atoms with Crippen molar-refractivity contribution in [3.63, 3.8) is 0 Å². The van der Waals surface area contributed by atoms with Crippen molar-refractivity contribution >= 4 is 22.5 Å². The average Bonchev–Trinajstić information content (AvgIpc) is 2.74. The third-order valence-electron chi connectivity index (χ3n) is 4.19. The first kappa shape index (κ1) is 14.2. The molecule has 2 aromatic carbocycles.